The van der Waals surface area contributed by atoms with Gasteiger partial charge < -0.3 is 10.1 Å². The summed E-state index contributed by atoms with van der Waals surface area (Å²) in [4.78, 5) is 15.4. The SMILES string of the molecule is CSc1ccc(C(=O)NCCN2CCOCC2)cc1. The van der Waals surface area contributed by atoms with Crippen LogP contribution in [0.25, 0.3) is 0 Å². The van der Waals surface area contributed by atoms with Gasteiger partial charge in [0.2, 0.25) is 0 Å². The highest BCUT2D eigenvalue weighted by Gasteiger charge is 2.10. The van der Waals surface area contributed by atoms with Crippen LogP contribution in [0.2, 0.25) is 0 Å². The zero-order valence-corrected chi connectivity index (χ0v) is 12.0. The van der Waals surface area contributed by atoms with Crippen molar-refractivity contribution in [2.75, 3.05) is 45.6 Å². The van der Waals surface area contributed by atoms with Crippen molar-refractivity contribution in [2.24, 2.45) is 0 Å². The van der Waals surface area contributed by atoms with Crippen molar-refractivity contribution in [3.05, 3.63) is 29.8 Å². The van der Waals surface area contributed by atoms with Gasteiger partial charge in [-0.2, -0.15) is 0 Å². The van der Waals surface area contributed by atoms with Crippen LogP contribution >= 0.6 is 11.8 Å². The Morgan fingerprint density at radius 3 is 2.63 bits per heavy atom. The Morgan fingerprint density at radius 1 is 1.32 bits per heavy atom. The third-order valence-corrected chi connectivity index (χ3v) is 3.91. The molecule has 104 valence electrons. The van der Waals surface area contributed by atoms with Gasteiger partial charge >= 0.3 is 0 Å². The van der Waals surface area contributed by atoms with Gasteiger partial charge in [-0.25, -0.2) is 0 Å². The van der Waals surface area contributed by atoms with Gasteiger partial charge in [0.05, 0.1) is 13.2 Å². The van der Waals surface area contributed by atoms with E-state index in [0.29, 0.717) is 6.54 Å². The van der Waals surface area contributed by atoms with Gasteiger partial charge in [-0.05, 0) is 30.5 Å². The Hall–Kier alpha value is -1.04. The van der Waals surface area contributed by atoms with E-state index in [-0.39, 0.29) is 5.91 Å². The molecule has 1 aromatic carbocycles. The number of rotatable bonds is 5. The molecule has 0 aromatic heterocycles. The van der Waals surface area contributed by atoms with Crippen LogP contribution in [0.5, 0.6) is 0 Å². The van der Waals surface area contributed by atoms with Crippen LogP contribution in [0.1, 0.15) is 10.4 Å². The molecule has 1 heterocycles. The summed E-state index contributed by atoms with van der Waals surface area (Å²) in [6.07, 6.45) is 2.03. The molecule has 0 radical (unpaired) electrons. The van der Waals surface area contributed by atoms with Crippen molar-refractivity contribution in [3.63, 3.8) is 0 Å². The van der Waals surface area contributed by atoms with Gasteiger partial charge in [-0.1, -0.05) is 0 Å². The second kappa shape index (κ2) is 7.53. The molecule has 0 saturated carbocycles. The first-order chi connectivity index (χ1) is 9.29. The van der Waals surface area contributed by atoms with Crippen molar-refractivity contribution in [1.29, 1.82) is 0 Å². The molecule has 0 unspecified atom stereocenters. The third-order valence-electron chi connectivity index (χ3n) is 3.17. The molecule has 1 aliphatic heterocycles. The number of ether oxygens (including phenoxy) is 1. The van der Waals surface area contributed by atoms with E-state index in [2.05, 4.69) is 10.2 Å². The number of nitrogens with one attached hydrogen (secondary N) is 1. The fraction of sp³-hybridized carbons (Fsp3) is 0.500. The number of thioether (sulfide) groups is 1. The van der Waals surface area contributed by atoms with Crippen LogP contribution in [0.15, 0.2) is 29.2 Å². The molecule has 1 N–H and O–H groups in total. The van der Waals surface area contributed by atoms with Crippen molar-refractivity contribution in [2.45, 2.75) is 4.90 Å². The number of carbonyl (C=O) groups is 1. The monoisotopic (exact) mass is 280 g/mol. The number of morpholine rings is 1. The lowest BCUT2D eigenvalue weighted by Gasteiger charge is -2.26. The van der Waals surface area contributed by atoms with E-state index in [4.69, 9.17) is 4.74 Å². The lowest BCUT2D eigenvalue weighted by molar-refractivity contribution is 0.0383. The summed E-state index contributed by atoms with van der Waals surface area (Å²) in [5, 5.41) is 2.96. The molecule has 19 heavy (non-hydrogen) atoms. The number of amides is 1. The predicted molar refractivity (Wildman–Crippen MR) is 77.8 cm³/mol. The maximum absolute atomic E-state index is 11.9. The quantitative estimate of drug-likeness (QED) is 0.829. The molecule has 4 nitrogen and oxygen atoms in total. The average molecular weight is 280 g/mol. The summed E-state index contributed by atoms with van der Waals surface area (Å²) < 4.78 is 5.29. The van der Waals surface area contributed by atoms with Crippen LogP contribution in [-0.4, -0.2) is 56.5 Å². The summed E-state index contributed by atoms with van der Waals surface area (Å²) >= 11 is 1.68. The normalized spacial score (nSPS) is 16.3. The van der Waals surface area contributed by atoms with Gasteiger partial charge in [0, 0.05) is 36.6 Å². The fourth-order valence-electron chi connectivity index (χ4n) is 2.00. The van der Waals surface area contributed by atoms with Crippen molar-refractivity contribution >= 4 is 17.7 Å². The van der Waals surface area contributed by atoms with E-state index in [1.807, 2.05) is 30.5 Å². The zero-order chi connectivity index (χ0) is 13.5. The molecular weight excluding hydrogens is 260 g/mol. The van der Waals surface area contributed by atoms with E-state index in [1.54, 1.807) is 11.8 Å². The first-order valence-electron chi connectivity index (χ1n) is 6.52. The standard InChI is InChI=1S/C14H20N2O2S/c1-19-13-4-2-12(3-5-13)14(17)15-6-7-16-8-10-18-11-9-16/h2-5H,6-11H2,1H3,(H,15,17). The van der Waals surface area contributed by atoms with Crippen LogP contribution in [0.4, 0.5) is 0 Å². The fourth-order valence-corrected chi connectivity index (χ4v) is 2.41. The minimum atomic E-state index is 0.000845. The summed E-state index contributed by atoms with van der Waals surface area (Å²) in [7, 11) is 0. The Bertz CT molecular complexity index is 402. The van der Waals surface area contributed by atoms with Crippen LogP contribution in [-0.2, 0) is 4.74 Å². The Labute approximate surface area is 118 Å². The van der Waals surface area contributed by atoms with Gasteiger partial charge in [0.1, 0.15) is 0 Å². The third kappa shape index (κ3) is 4.53. The van der Waals surface area contributed by atoms with Crippen LogP contribution < -0.4 is 5.32 Å². The molecule has 1 fully saturated rings. The summed E-state index contributed by atoms with van der Waals surface area (Å²) in [6, 6.07) is 7.69. The van der Waals surface area contributed by atoms with Crippen LogP contribution in [0, 0.1) is 0 Å². The molecule has 2 rings (SSSR count). The van der Waals surface area contributed by atoms with Gasteiger partial charge in [-0.3, -0.25) is 9.69 Å². The van der Waals surface area contributed by atoms with E-state index in [1.165, 1.54) is 4.90 Å². The lowest BCUT2D eigenvalue weighted by atomic mass is 10.2. The highest BCUT2D eigenvalue weighted by Crippen LogP contribution is 2.14. The largest absolute Gasteiger partial charge is 0.379 e. The van der Waals surface area contributed by atoms with E-state index in [0.717, 1.165) is 38.4 Å². The van der Waals surface area contributed by atoms with Gasteiger partial charge in [0.15, 0.2) is 0 Å². The maximum Gasteiger partial charge on any atom is 0.251 e. The first-order valence-corrected chi connectivity index (χ1v) is 7.74. The molecule has 1 aliphatic rings. The predicted octanol–water partition coefficient (Wildman–Crippen LogP) is 1.47. The van der Waals surface area contributed by atoms with E-state index in [9.17, 15) is 4.79 Å². The Balaban J connectivity index is 1.73. The highest BCUT2D eigenvalue weighted by molar-refractivity contribution is 7.98. The molecule has 0 spiro atoms. The van der Waals surface area contributed by atoms with E-state index < -0.39 is 0 Å². The summed E-state index contributed by atoms with van der Waals surface area (Å²) in [5.41, 5.74) is 0.722. The van der Waals surface area contributed by atoms with Gasteiger partial charge in [-0.15, -0.1) is 11.8 Å². The molecule has 5 heteroatoms. The lowest BCUT2D eigenvalue weighted by Crippen LogP contribution is -2.41. The smallest absolute Gasteiger partial charge is 0.251 e. The molecule has 0 atom stereocenters. The second-order valence-corrected chi connectivity index (χ2v) is 5.32. The van der Waals surface area contributed by atoms with Crippen molar-refractivity contribution in [3.8, 4) is 0 Å². The number of hydrogen-bond donors (Lipinski definition) is 1. The molecule has 1 aromatic rings. The van der Waals surface area contributed by atoms with Crippen molar-refractivity contribution < 1.29 is 9.53 Å². The highest BCUT2D eigenvalue weighted by atomic mass is 32.2. The molecule has 0 bridgehead atoms. The topological polar surface area (TPSA) is 41.6 Å². The first kappa shape index (κ1) is 14.4. The summed E-state index contributed by atoms with van der Waals surface area (Å²) in [5.74, 6) is 0.000845. The Morgan fingerprint density at radius 2 is 2.00 bits per heavy atom. The average Bonchev–Trinajstić information content (AvgIpc) is 2.48. The molecule has 1 amide bonds. The number of hydrogen-bond acceptors (Lipinski definition) is 4. The van der Waals surface area contributed by atoms with E-state index >= 15 is 0 Å². The van der Waals surface area contributed by atoms with Crippen LogP contribution in [0.3, 0.4) is 0 Å². The second-order valence-electron chi connectivity index (χ2n) is 4.44. The molecule has 1 saturated heterocycles. The number of carbonyl (C=O) groups excluding carboxylic acids is 1. The van der Waals surface area contributed by atoms with Crippen molar-refractivity contribution in [1.82, 2.24) is 10.2 Å². The summed E-state index contributed by atoms with van der Waals surface area (Å²) in [6.45, 7) is 5.08. The van der Waals surface area contributed by atoms with Gasteiger partial charge in [0.25, 0.3) is 5.91 Å². The Kier molecular flexibility index (Phi) is 5.69. The molecular formula is C14H20N2O2S. The maximum atomic E-state index is 11.9. The molecule has 0 aliphatic carbocycles. The number of benzene rings is 1. The minimum Gasteiger partial charge on any atom is -0.379 e. The minimum absolute atomic E-state index is 0.000845. The number of nitrogens with zero attached hydrogens (tertiary/aromatic N) is 1. The zero-order valence-electron chi connectivity index (χ0n) is 11.2.